The molecular weight excluding hydrogens is 356 g/mol. The molecule has 0 aliphatic heterocycles. The van der Waals surface area contributed by atoms with Gasteiger partial charge in [0.25, 0.3) is 11.6 Å². The van der Waals surface area contributed by atoms with Gasteiger partial charge in [-0.05, 0) is 43.5 Å². The largest absolute Gasteiger partial charge is 0.387 e. The third-order valence-electron chi connectivity index (χ3n) is 4.66. The minimum Gasteiger partial charge on any atom is -0.387 e. The first-order valence-corrected chi connectivity index (χ1v) is 8.62. The van der Waals surface area contributed by atoms with Crippen LogP contribution in [0.3, 0.4) is 0 Å². The van der Waals surface area contributed by atoms with E-state index in [4.69, 9.17) is 4.52 Å². The summed E-state index contributed by atoms with van der Waals surface area (Å²) in [5.41, 5.74) is 2.19. The van der Waals surface area contributed by atoms with Crippen molar-refractivity contribution in [2.24, 2.45) is 0 Å². The third kappa shape index (κ3) is 3.40. The smallest absolute Gasteiger partial charge is 0.259 e. The van der Waals surface area contributed by atoms with E-state index in [1.54, 1.807) is 13.0 Å². The Morgan fingerprint density at radius 2 is 2.11 bits per heavy atom. The maximum absolute atomic E-state index is 13.3. The van der Waals surface area contributed by atoms with Gasteiger partial charge in [-0.25, -0.2) is 13.8 Å². The van der Waals surface area contributed by atoms with Crippen molar-refractivity contribution in [2.75, 3.05) is 6.54 Å². The molecule has 2 N–H and O–H groups in total. The number of hydrogen-bond donors (Lipinski definition) is 2. The molecule has 27 heavy (non-hydrogen) atoms. The fourth-order valence-electron chi connectivity index (χ4n) is 3.00. The van der Waals surface area contributed by atoms with Crippen LogP contribution in [0.1, 0.15) is 52.2 Å². The standard InChI is InChI=1S/C19H17F2N3O3/c1-9-17-12(7-15(10-2-3-10)23-19(17)27-24-9)18(26)22-8-16(25)11-4-5-13(20)14(21)6-11/h4-7,10,16,25H,2-3,8H2,1H3,(H,22,26)/t16-/m1/s1. The van der Waals surface area contributed by atoms with E-state index < -0.39 is 23.6 Å². The zero-order valence-electron chi connectivity index (χ0n) is 14.5. The molecular formula is C19H17F2N3O3. The molecule has 6 nitrogen and oxygen atoms in total. The molecule has 0 saturated heterocycles. The number of aliphatic hydroxyl groups excluding tert-OH is 1. The Hall–Kier alpha value is -2.87. The SMILES string of the molecule is Cc1noc2nc(C3CC3)cc(C(=O)NC[C@@H](O)c3ccc(F)c(F)c3)c12. The average Bonchev–Trinajstić information content (AvgIpc) is 3.44. The first-order valence-electron chi connectivity index (χ1n) is 8.62. The number of fused-ring (bicyclic) bond motifs is 1. The number of carbonyl (C=O) groups excluding carboxylic acids is 1. The zero-order valence-corrected chi connectivity index (χ0v) is 14.5. The van der Waals surface area contributed by atoms with E-state index in [2.05, 4.69) is 15.5 Å². The normalized spacial score (nSPS) is 15.1. The summed E-state index contributed by atoms with van der Waals surface area (Å²) in [4.78, 5) is 17.1. The lowest BCUT2D eigenvalue weighted by Gasteiger charge is -2.13. The summed E-state index contributed by atoms with van der Waals surface area (Å²) in [6.07, 6.45) is 0.858. The molecule has 1 atom stereocenters. The Balaban J connectivity index is 1.55. The van der Waals surface area contributed by atoms with Gasteiger partial charge in [0, 0.05) is 18.2 Å². The van der Waals surface area contributed by atoms with Gasteiger partial charge in [0.2, 0.25) is 0 Å². The number of pyridine rings is 1. The van der Waals surface area contributed by atoms with Crippen molar-refractivity contribution >= 4 is 17.0 Å². The number of nitrogens with one attached hydrogen (secondary N) is 1. The molecule has 2 aromatic heterocycles. The van der Waals surface area contributed by atoms with Gasteiger partial charge in [0.1, 0.15) is 0 Å². The Morgan fingerprint density at radius 3 is 2.81 bits per heavy atom. The fraction of sp³-hybridized carbons (Fsp3) is 0.316. The molecule has 2 heterocycles. The van der Waals surface area contributed by atoms with Gasteiger partial charge in [-0.1, -0.05) is 11.2 Å². The molecule has 1 amide bonds. The van der Waals surface area contributed by atoms with Crippen LogP contribution in [-0.4, -0.2) is 27.7 Å². The maximum atomic E-state index is 13.3. The van der Waals surface area contributed by atoms with E-state index in [0.717, 1.165) is 30.7 Å². The molecule has 1 aliphatic rings. The molecule has 0 radical (unpaired) electrons. The van der Waals surface area contributed by atoms with Crippen LogP contribution in [0.15, 0.2) is 28.8 Å². The zero-order chi connectivity index (χ0) is 19.1. The maximum Gasteiger partial charge on any atom is 0.259 e. The predicted octanol–water partition coefficient (Wildman–Crippen LogP) is 3.15. The molecule has 140 valence electrons. The monoisotopic (exact) mass is 373 g/mol. The third-order valence-corrected chi connectivity index (χ3v) is 4.66. The lowest BCUT2D eigenvalue weighted by atomic mass is 10.1. The quantitative estimate of drug-likeness (QED) is 0.717. The molecule has 1 aliphatic carbocycles. The highest BCUT2D eigenvalue weighted by atomic mass is 19.2. The average molecular weight is 373 g/mol. The molecule has 0 bridgehead atoms. The van der Waals surface area contributed by atoms with Crippen LogP contribution in [0.4, 0.5) is 8.78 Å². The van der Waals surface area contributed by atoms with Crippen molar-refractivity contribution in [1.29, 1.82) is 0 Å². The lowest BCUT2D eigenvalue weighted by molar-refractivity contribution is 0.0917. The number of aromatic nitrogens is 2. The van der Waals surface area contributed by atoms with Gasteiger partial charge in [0.05, 0.1) is 22.7 Å². The van der Waals surface area contributed by atoms with Crippen LogP contribution in [0.2, 0.25) is 0 Å². The Kier molecular flexibility index (Phi) is 4.35. The van der Waals surface area contributed by atoms with Crippen LogP contribution < -0.4 is 5.32 Å². The van der Waals surface area contributed by atoms with Gasteiger partial charge in [-0.3, -0.25) is 4.79 Å². The summed E-state index contributed by atoms with van der Waals surface area (Å²) in [7, 11) is 0. The summed E-state index contributed by atoms with van der Waals surface area (Å²) in [5.74, 6) is -2.15. The predicted molar refractivity (Wildman–Crippen MR) is 92.2 cm³/mol. The number of aryl methyl sites for hydroxylation is 1. The van der Waals surface area contributed by atoms with E-state index in [9.17, 15) is 18.7 Å². The highest BCUT2D eigenvalue weighted by Crippen LogP contribution is 2.40. The van der Waals surface area contributed by atoms with Gasteiger partial charge >= 0.3 is 0 Å². The summed E-state index contributed by atoms with van der Waals surface area (Å²) in [5, 5.41) is 17.2. The van der Waals surface area contributed by atoms with E-state index in [0.29, 0.717) is 28.3 Å². The van der Waals surface area contributed by atoms with E-state index in [-0.39, 0.29) is 12.1 Å². The second-order valence-corrected chi connectivity index (χ2v) is 6.72. The van der Waals surface area contributed by atoms with Crippen molar-refractivity contribution in [3.63, 3.8) is 0 Å². The Bertz CT molecular complexity index is 1030. The first kappa shape index (κ1) is 17.5. The second kappa shape index (κ2) is 6.70. The molecule has 4 rings (SSSR count). The second-order valence-electron chi connectivity index (χ2n) is 6.72. The number of benzene rings is 1. The highest BCUT2D eigenvalue weighted by Gasteiger charge is 2.28. The molecule has 1 saturated carbocycles. The summed E-state index contributed by atoms with van der Waals surface area (Å²) >= 11 is 0. The van der Waals surface area contributed by atoms with Crippen molar-refractivity contribution < 1.29 is 23.2 Å². The van der Waals surface area contributed by atoms with E-state index >= 15 is 0 Å². The van der Waals surface area contributed by atoms with Crippen molar-refractivity contribution in [2.45, 2.75) is 31.8 Å². The van der Waals surface area contributed by atoms with Crippen LogP contribution in [-0.2, 0) is 0 Å². The summed E-state index contributed by atoms with van der Waals surface area (Å²) in [6.45, 7) is 1.56. The van der Waals surface area contributed by atoms with Crippen molar-refractivity contribution in [3.05, 3.63) is 58.4 Å². The van der Waals surface area contributed by atoms with E-state index in [1.165, 1.54) is 6.07 Å². The topological polar surface area (TPSA) is 88.2 Å². The van der Waals surface area contributed by atoms with Crippen molar-refractivity contribution in [3.8, 4) is 0 Å². The fourth-order valence-corrected chi connectivity index (χ4v) is 3.00. The molecule has 1 fully saturated rings. The number of aliphatic hydroxyl groups is 1. The Morgan fingerprint density at radius 1 is 1.33 bits per heavy atom. The van der Waals surface area contributed by atoms with Gasteiger partial charge in [-0.2, -0.15) is 0 Å². The highest BCUT2D eigenvalue weighted by molar-refractivity contribution is 6.06. The summed E-state index contributed by atoms with van der Waals surface area (Å²) < 4.78 is 31.5. The van der Waals surface area contributed by atoms with Gasteiger partial charge in [-0.15, -0.1) is 0 Å². The van der Waals surface area contributed by atoms with Crippen LogP contribution in [0, 0.1) is 18.6 Å². The summed E-state index contributed by atoms with van der Waals surface area (Å²) in [6, 6.07) is 4.84. The first-order chi connectivity index (χ1) is 12.9. The lowest BCUT2D eigenvalue weighted by Crippen LogP contribution is -2.28. The number of rotatable bonds is 5. The number of hydrogen-bond acceptors (Lipinski definition) is 5. The van der Waals surface area contributed by atoms with Crippen LogP contribution in [0.25, 0.3) is 11.1 Å². The minimum atomic E-state index is -1.17. The minimum absolute atomic E-state index is 0.156. The number of carbonyl (C=O) groups is 1. The number of amides is 1. The molecule has 8 heteroatoms. The van der Waals surface area contributed by atoms with Gasteiger partial charge in [0.15, 0.2) is 11.6 Å². The molecule has 0 unspecified atom stereocenters. The van der Waals surface area contributed by atoms with Crippen molar-refractivity contribution in [1.82, 2.24) is 15.5 Å². The van der Waals surface area contributed by atoms with Crippen LogP contribution >= 0.6 is 0 Å². The molecule has 0 spiro atoms. The van der Waals surface area contributed by atoms with E-state index in [1.807, 2.05) is 0 Å². The van der Waals surface area contributed by atoms with Gasteiger partial charge < -0.3 is 14.9 Å². The van der Waals surface area contributed by atoms with Crippen LogP contribution in [0.5, 0.6) is 0 Å². The molecule has 1 aromatic carbocycles. The Labute approximate surface area is 153 Å². The molecule has 3 aromatic rings. The number of halogens is 2. The number of nitrogens with zero attached hydrogens (tertiary/aromatic N) is 2.